The maximum atomic E-state index is 11.9. The summed E-state index contributed by atoms with van der Waals surface area (Å²) in [4.78, 5) is 35.4. The number of carbonyl (C=O) groups excluding carboxylic acids is 3. The number of aromatic hydroxyl groups is 1. The minimum atomic E-state index is -0.793. The summed E-state index contributed by atoms with van der Waals surface area (Å²) in [6, 6.07) is 10.8. The molecule has 0 unspecified atom stereocenters. The normalized spacial score (nSPS) is 10.1. The van der Waals surface area contributed by atoms with Crippen LogP contribution >= 0.6 is 0 Å². The third-order valence-electron chi connectivity index (χ3n) is 3.47. The Morgan fingerprint density at radius 1 is 1.00 bits per heavy atom. The van der Waals surface area contributed by atoms with Crippen molar-refractivity contribution in [2.45, 2.75) is 13.8 Å². The molecule has 2 aromatic carbocycles. The Labute approximate surface area is 150 Å². The molecule has 0 aliphatic carbocycles. The van der Waals surface area contributed by atoms with Gasteiger partial charge in [-0.3, -0.25) is 4.79 Å². The second kappa shape index (κ2) is 8.66. The minimum absolute atomic E-state index is 0.00316. The minimum Gasteiger partial charge on any atom is -0.507 e. The molecule has 136 valence electrons. The zero-order valence-corrected chi connectivity index (χ0v) is 14.4. The van der Waals surface area contributed by atoms with E-state index in [4.69, 9.17) is 9.47 Å². The largest absolute Gasteiger partial charge is 0.507 e. The molecule has 26 heavy (non-hydrogen) atoms. The van der Waals surface area contributed by atoms with Crippen LogP contribution in [0.15, 0.2) is 42.5 Å². The van der Waals surface area contributed by atoms with Crippen molar-refractivity contribution in [1.82, 2.24) is 0 Å². The number of hydrogen-bond acceptors (Lipinski definition) is 6. The standard InChI is InChI=1S/C19H19NO6/c1-3-25-18(23)13-7-9-14(10-8-13)20-16(21)11-26-19(24)15-6-4-5-12(2)17(15)22/h4-10,22H,3,11H2,1-2H3,(H,20,21). The number of aryl methyl sites for hydroxylation is 1. The van der Waals surface area contributed by atoms with E-state index in [-0.39, 0.29) is 17.9 Å². The number of phenolic OH excluding ortho intramolecular Hbond substituents is 1. The fourth-order valence-corrected chi connectivity index (χ4v) is 2.13. The van der Waals surface area contributed by atoms with E-state index < -0.39 is 24.5 Å². The molecule has 0 aromatic heterocycles. The van der Waals surface area contributed by atoms with Crippen LogP contribution in [0.2, 0.25) is 0 Å². The van der Waals surface area contributed by atoms with Gasteiger partial charge in [-0.25, -0.2) is 9.59 Å². The van der Waals surface area contributed by atoms with Gasteiger partial charge in [-0.2, -0.15) is 0 Å². The summed E-state index contributed by atoms with van der Waals surface area (Å²) in [7, 11) is 0. The topological polar surface area (TPSA) is 102 Å². The lowest BCUT2D eigenvalue weighted by Gasteiger charge is -2.09. The predicted octanol–water partition coefficient (Wildman–Crippen LogP) is 2.67. The number of anilines is 1. The highest BCUT2D eigenvalue weighted by Gasteiger charge is 2.15. The summed E-state index contributed by atoms with van der Waals surface area (Å²) in [5.41, 5.74) is 1.34. The van der Waals surface area contributed by atoms with Crippen molar-refractivity contribution < 1.29 is 29.0 Å². The summed E-state index contributed by atoms with van der Waals surface area (Å²) in [6.07, 6.45) is 0. The molecule has 0 radical (unpaired) electrons. The van der Waals surface area contributed by atoms with Crippen LogP contribution in [-0.2, 0) is 14.3 Å². The Balaban J connectivity index is 1.89. The number of amides is 1. The molecule has 7 nitrogen and oxygen atoms in total. The Bertz CT molecular complexity index is 813. The van der Waals surface area contributed by atoms with Gasteiger partial charge in [0.1, 0.15) is 11.3 Å². The van der Waals surface area contributed by atoms with E-state index >= 15 is 0 Å². The first-order valence-electron chi connectivity index (χ1n) is 7.95. The molecule has 0 spiro atoms. The van der Waals surface area contributed by atoms with Crippen LogP contribution in [0, 0.1) is 6.92 Å². The molecule has 7 heteroatoms. The summed E-state index contributed by atoms with van der Waals surface area (Å²) in [6.45, 7) is 3.13. The number of hydrogen-bond donors (Lipinski definition) is 2. The number of nitrogens with one attached hydrogen (secondary N) is 1. The van der Waals surface area contributed by atoms with Crippen LogP contribution in [0.1, 0.15) is 33.2 Å². The number of benzene rings is 2. The lowest BCUT2D eigenvalue weighted by atomic mass is 10.1. The summed E-state index contributed by atoms with van der Waals surface area (Å²) in [5.74, 6) is -1.96. The molecule has 2 rings (SSSR count). The van der Waals surface area contributed by atoms with Gasteiger partial charge in [-0.1, -0.05) is 12.1 Å². The smallest absolute Gasteiger partial charge is 0.342 e. The van der Waals surface area contributed by atoms with Crippen molar-refractivity contribution >= 4 is 23.5 Å². The first-order chi connectivity index (χ1) is 12.4. The number of carbonyl (C=O) groups is 3. The Kier molecular flexibility index (Phi) is 6.32. The highest BCUT2D eigenvalue weighted by atomic mass is 16.5. The average Bonchev–Trinajstić information content (AvgIpc) is 2.63. The van der Waals surface area contributed by atoms with Gasteiger partial charge in [0.15, 0.2) is 6.61 Å². The second-order valence-electron chi connectivity index (χ2n) is 5.39. The zero-order chi connectivity index (χ0) is 19.1. The van der Waals surface area contributed by atoms with Gasteiger partial charge in [0, 0.05) is 5.69 Å². The van der Waals surface area contributed by atoms with Gasteiger partial charge in [0.05, 0.1) is 12.2 Å². The quantitative estimate of drug-likeness (QED) is 0.771. The molecule has 0 fully saturated rings. The SMILES string of the molecule is CCOC(=O)c1ccc(NC(=O)COC(=O)c2cccc(C)c2O)cc1. The van der Waals surface area contributed by atoms with E-state index in [1.54, 1.807) is 38.1 Å². The Hall–Kier alpha value is -3.35. The van der Waals surface area contributed by atoms with Crippen LogP contribution in [0.4, 0.5) is 5.69 Å². The van der Waals surface area contributed by atoms with Crippen molar-refractivity contribution in [3.63, 3.8) is 0 Å². The highest BCUT2D eigenvalue weighted by molar-refractivity contribution is 5.97. The fraction of sp³-hybridized carbons (Fsp3) is 0.211. The second-order valence-corrected chi connectivity index (χ2v) is 5.39. The lowest BCUT2D eigenvalue weighted by molar-refractivity contribution is -0.119. The van der Waals surface area contributed by atoms with Gasteiger partial charge in [0.2, 0.25) is 0 Å². The van der Waals surface area contributed by atoms with Crippen LogP contribution in [0.25, 0.3) is 0 Å². The van der Waals surface area contributed by atoms with Crippen molar-refractivity contribution in [2.75, 3.05) is 18.5 Å². The first-order valence-corrected chi connectivity index (χ1v) is 7.95. The molecule has 0 saturated carbocycles. The zero-order valence-electron chi connectivity index (χ0n) is 14.4. The first kappa shape index (κ1) is 19.0. The van der Waals surface area contributed by atoms with E-state index in [0.29, 0.717) is 16.8 Å². The fourth-order valence-electron chi connectivity index (χ4n) is 2.13. The maximum Gasteiger partial charge on any atom is 0.342 e. The molecule has 2 N–H and O–H groups in total. The van der Waals surface area contributed by atoms with Crippen LogP contribution in [0.5, 0.6) is 5.75 Å². The van der Waals surface area contributed by atoms with E-state index in [9.17, 15) is 19.5 Å². The average molecular weight is 357 g/mol. The molecule has 0 bridgehead atoms. The predicted molar refractivity (Wildman–Crippen MR) is 94.2 cm³/mol. The molecule has 0 saturated heterocycles. The number of para-hydroxylation sites is 1. The van der Waals surface area contributed by atoms with Crippen molar-refractivity contribution in [2.24, 2.45) is 0 Å². The van der Waals surface area contributed by atoms with Gasteiger partial charge in [-0.05, 0) is 49.7 Å². The van der Waals surface area contributed by atoms with E-state index in [2.05, 4.69) is 5.32 Å². The third kappa shape index (κ3) is 4.83. The molecule has 2 aromatic rings. The molecular formula is C19H19NO6. The number of phenols is 1. The number of esters is 2. The molecule has 0 aliphatic rings. The maximum absolute atomic E-state index is 11.9. The van der Waals surface area contributed by atoms with Crippen LogP contribution in [-0.4, -0.2) is 36.2 Å². The van der Waals surface area contributed by atoms with E-state index in [1.165, 1.54) is 18.2 Å². The molecule has 0 aliphatic heterocycles. The molecule has 1 amide bonds. The van der Waals surface area contributed by atoms with Gasteiger partial charge < -0.3 is 19.9 Å². The Morgan fingerprint density at radius 2 is 1.69 bits per heavy atom. The lowest BCUT2D eigenvalue weighted by Crippen LogP contribution is -2.21. The molecule has 0 atom stereocenters. The Morgan fingerprint density at radius 3 is 2.35 bits per heavy atom. The summed E-state index contributed by atoms with van der Waals surface area (Å²) in [5, 5.41) is 12.4. The summed E-state index contributed by atoms with van der Waals surface area (Å²) >= 11 is 0. The van der Waals surface area contributed by atoms with E-state index in [0.717, 1.165) is 0 Å². The van der Waals surface area contributed by atoms with Crippen molar-refractivity contribution in [3.05, 3.63) is 59.2 Å². The highest BCUT2D eigenvalue weighted by Crippen LogP contribution is 2.22. The van der Waals surface area contributed by atoms with Gasteiger partial charge in [-0.15, -0.1) is 0 Å². The van der Waals surface area contributed by atoms with Gasteiger partial charge >= 0.3 is 11.9 Å². The van der Waals surface area contributed by atoms with Gasteiger partial charge in [0.25, 0.3) is 5.91 Å². The monoisotopic (exact) mass is 357 g/mol. The molecular weight excluding hydrogens is 338 g/mol. The van der Waals surface area contributed by atoms with Crippen LogP contribution < -0.4 is 5.32 Å². The van der Waals surface area contributed by atoms with E-state index in [1.807, 2.05) is 0 Å². The third-order valence-corrected chi connectivity index (χ3v) is 3.47. The number of rotatable bonds is 6. The molecule has 0 heterocycles. The summed E-state index contributed by atoms with van der Waals surface area (Å²) < 4.78 is 9.78. The number of ether oxygens (including phenoxy) is 2. The van der Waals surface area contributed by atoms with Crippen molar-refractivity contribution in [3.8, 4) is 5.75 Å². The van der Waals surface area contributed by atoms with Crippen LogP contribution in [0.3, 0.4) is 0 Å². The van der Waals surface area contributed by atoms with Crippen molar-refractivity contribution in [1.29, 1.82) is 0 Å².